The smallest absolute Gasteiger partial charge is 0.234 e. The number of halogens is 2. The average Bonchev–Trinajstić information content (AvgIpc) is 2.96. The van der Waals surface area contributed by atoms with Gasteiger partial charge in [0.2, 0.25) is 11.7 Å². The van der Waals surface area contributed by atoms with Crippen molar-refractivity contribution in [2.75, 3.05) is 13.1 Å². The first-order valence-electron chi connectivity index (χ1n) is 6.08. The van der Waals surface area contributed by atoms with Gasteiger partial charge in [-0.05, 0) is 32.0 Å². The van der Waals surface area contributed by atoms with E-state index in [9.17, 15) is 8.78 Å². The van der Waals surface area contributed by atoms with Gasteiger partial charge in [0, 0.05) is 18.2 Å². The molecule has 0 spiro atoms. The second-order valence-electron chi connectivity index (χ2n) is 5.07. The molecule has 6 heteroatoms. The van der Waals surface area contributed by atoms with Crippen molar-refractivity contribution in [3.8, 4) is 11.4 Å². The van der Waals surface area contributed by atoms with E-state index in [1.54, 1.807) is 0 Å². The van der Waals surface area contributed by atoms with E-state index in [4.69, 9.17) is 4.52 Å². The quantitative estimate of drug-likeness (QED) is 0.905. The topological polar surface area (TPSA) is 51.0 Å². The molecule has 2 heterocycles. The first-order chi connectivity index (χ1) is 9.07. The summed E-state index contributed by atoms with van der Waals surface area (Å²) >= 11 is 0. The fraction of sp³-hybridized carbons (Fsp3) is 0.385. The number of benzene rings is 1. The molecule has 1 fully saturated rings. The van der Waals surface area contributed by atoms with E-state index in [0.717, 1.165) is 25.6 Å². The number of aromatic nitrogens is 2. The van der Waals surface area contributed by atoms with Gasteiger partial charge in [0.25, 0.3) is 0 Å². The van der Waals surface area contributed by atoms with Gasteiger partial charge in [0.1, 0.15) is 11.6 Å². The lowest BCUT2D eigenvalue weighted by Crippen LogP contribution is -2.25. The molecule has 0 bridgehead atoms. The molecule has 1 aromatic carbocycles. The summed E-state index contributed by atoms with van der Waals surface area (Å²) in [5.74, 6) is -0.608. The largest absolute Gasteiger partial charge is 0.338 e. The first kappa shape index (κ1) is 12.2. The standard InChI is InChI=1S/C13H13F2N3O/c1-13(2-3-16-7-13)12-17-11(18-19-12)8-4-9(14)6-10(15)5-8/h4-6,16H,2-3,7H2,1H3. The van der Waals surface area contributed by atoms with Crippen LogP contribution in [0, 0.1) is 11.6 Å². The van der Waals surface area contributed by atoms with Crippen LogP contribution in [-0.2, 0) is 5.41 Å². The van der Waals surface area contributed by atoms with Crippen LogP contribution in [0.1, 0.15) is 19.2 Å². The van der Waals surface area contributed by atoms with E-state index in [-0.39, 0.29) is 16.8 Å². The summed E-state index contributed by atoms with van der Waals surface area (Å²) < 4.78 is 31.6. The molecule has 1 atom stereocenters. The van der Waals surface area contributed by atoms with E-state index in [1.165, 1.54) is 12.1 Å². The molecule has 1 aliphatic heterocycles. The molecule has 1 aromatic heterocycles. The lowest BCUT2D eigenvalue weighted by molar-refractivity contribution is 0.306. The summed E-state index contributed by atoms with van der Waals surface area (Å²) in [6.07, 6.45) is 0.895. The first-order valence-corrected chi connectivity index (χ1v) is 6.08. The Hall–Kier alpha value is -1.82. The van der Waals surface area contributed by atoms with Crippen molar-refractivity contribution in [1.82, 2.24) is 15.5 Å². The third-order valence-electron chi connectivity index (χ3n) is 3.43. The second kappa shape index (κ2) is 4.38. The number of nitrogens with one attached hydrogen (secondary N) is 1. The number of hydrogen-bond acceptors (Lipinski definition) is 4. The van der Waals surface area contributed by atoms with Crippen molar-refractivity contribution in [3.63, 3.8) is 0 Å². The van der Waals surface area contributed by atoms with E-state index < -0.39 is 11.6 Å². The van der Waals surface area contributed by atoms with Gasteiger partial charge < -0.3 is 9.84 Å². The molecule has 0 aliphatic carbocycles. The van der Waals surface area contributed by atoms with Gasteiger partial charge in [-0.2, -0.15) is 4.98 Å². The molecule has 1 unspecified atom stereocenters. The van der Waals surface area contributed by atoms with Crippen molar-refractivity contribution in [2.45, 2.75) is 18.8 Å². The molecule has 3 rings (SSSR count). The predicted octanol–water partition coefficient (Wildman–Crippen LogP) is 2.27. The minimum absolute atomic E-state index is 0.210. The summed E-state index contributed by atoms with van der Waals surface area (Å²) in [5, 5.41) is 7.04. The molecule has 1 aliphatic rings. The molecule has 4 nitrogen and oxygen atoms in total. The van der Waals surface area contributed by atoms with Crippen LogP contribution < -0.4 is 5.32 Å². The van der Waals surface area contributed by atoms with Crippen molar-refractivity contribution < 1.29 is 13.3 Å². The van der Waals surface area contributed by atoms with Crippen LogP contribution >= 0.6 is 0 Å². The van der Waals surface area contributed by atoms with Crippen molar-refractivity contribution in [1.29, 1.82) is 0 Å². The van der Waals surface area contributed by atoms with Crippen LogP contribution in [0.15, 0.2) is 22.7 Å². The summed E-state index contributed by atoms with van der Waals surface area (Å²) in [6.45, 7) is 3.67. The minimum Gasteiger partial charge on any atom is -0.338 e. The Bertz CT molecular complexity index is 585. The number of rotatable bonds is 2. The van der Waals surface area contributed by atoms with E-state index in [2.05, 4.69) is 15.5 Å². The molecular formula is C13H13F2N3O. The Labute approximate surface area is 108 Å². The van der Waals surface area contributed by atoms with Crippen LogP contribution in [0.3, 0.4) is 0 Å². The third kappa shape index (κ3) is 2.23. The van der Waals surface area contributed by atoms with Gasteiger partial charge >= 0.3 is 0 Å². The average molecular weight is 265 g/mol. The highest BCUT2D eigenvalue weighted by Gasteiger charge is 2.36. The zero-order chi connectivity index (χ0) is 13.5. The van der Waals surface area contributed by atoms with Crippen LogP contribution in [0.5, 0.6) is 0 Å². The maximum absolute atomic E-state index is 13.2. The lowest BCUT2D eigenvalue weighted by Gasteiger charge is -2.15. The van der Waals surface area contributed by atoms with Crippen molar-refractivity contribution >= 4 is 0 Å². The second-order valence-corrected chi connectivity index (χ2v) is 5.07. The fourth-order valence-electron chi connectivity index (χ4n) is 2.27. The van der Waals surface area contributed by atoms with E-state index >= 15 is 0 Å². The van der Waals surface area contributed by atoms with Crippen molar-refractivity contribution in [2.24, 2.45) is 0 Å². The highest BCUT2D eigenvalue weighted by Crippen LogP contribution is 2.30. The molecule has 0 amide bonds. The van der Waals surface area contributed by atoms with Gasteiger partial charge in [0.15, 0.2) is 0 Å². The van der Waals surface area contributed by atoms with Gasteiger partial charge in [0.05, 0.1) is 5.41 Å². The van der Waals surface area contributed by atoms with Gasteiger partial charge in [-0.25, -0.2) is 8.78 Å². The Morgan fingerprint density at radius 2 is 2.00 bits per heavy atom. The molecule has 2 aromatic rings. The molecule has 19 heavy (non-hydrogen) atoms. The predicted molar refractivity (Wildman–Crippen MR) is 64.5 cm³/mol. The van der Waals surface area contributed by atoms with E-state index in [0.29, 0.717) is 5.89 Å². The zero-order valence-corrected chi connectivity index (χ0v) is 10.4. The Balaban J connectivity index is 1.96. The Kier molecular flexibility index (Phi) is 2.82. The SMILES string of the molecule is CC1(c2nc(-c3cc(F)cc(F)c3)no2)CCNC1. The zero-order valence-electron chi connectivity index (χ0n) is 10.4. The summed E-state index contributed by atoms with van der Waals surface area (Å²) in [6, 6.07) is 3.19. The van der Waals surface area contributed by atoms with Crippen LogP contribution in [0.25, 0.3) is 11.4 Å². The molecule has 1 saturated heterocycles. The van der Waals surface area contributed by atoms with Gasteiger partial charge in [-0.3, -0.25) is 0 Å². The number of hydrogen-bond donors (Lipinski definition) is 1. The highest BCUT2D eigenvalue weighted by atomic mass is 19.1. The fourth-order valence-corrected chi connectivity index (χ4v) is 2.27. The maximum atomic E-state index is 13.2. The third-order valence-corrected chi connectivity index (χ3v) is 3.43. The molecule has 100 valence electrons. The van der Waals surface area contributed by atoms with Crippen LogP contribution in [0.4, 0.5) is 8.78 Å². The van der Waals surface area contributed by atoms with Crippen LogP contribution in [-0.4, -0.2) is 23.2 Å². The lowest BCUT2D eigenvalue weighted by atomic mass is 9.90. The number of nitrogens with zero attached hydrogens (tertiary/aromatic N) is 2. The van der Waals surface area contributed by atoms with Gasteiger partial charge in [-0.1, -0.05) is 5.16 Å². The highest BCUT2D eigenvalue weighted by molar-refractivity contribution is 5.54. The summed E-state index contributed by atoms with van der Waals surface area (Å²) in [7, 11) is 0. The Morgan fingerprint density at radius 3 is 2.63 bits per heavy atom. The Morgan fingerprint density at radius 1 is 1.26 bits per heavy atom. The monoisotopic (exact) mass is 265 g/mol. The van der Waals surface area contributed by atoms with Crippen LogP contribution in [0.2, 0.25) is 0 Å². The molecular weight excluding hydrogens is 252 g/mol. The molecule has 0 saturated carbocycles. The minimum atomic E-state index is -0.657. The normalized spacial score (nSPS) is 22.9. The maximum Gasteiger partial charge on any atom is 0.234 e. The van der Waals surface area contributed by atoms with Gasteiger partial charge in [-0.15, -0.1) is 0 Å². The molecule has 0 radical (unpaired) electrons. The molecule has 1 N–H and O–H groups in total. The van der Waals surface area contributed by atoms with E-state index in [1.807, 2.05) is 6.92 Å². The summed E-state index contributed by atoms with van der Waals surface area (Å²) in [4.78, 5) is 4.27. The summed E-state index contributed by atoms with van der Waals surface area (Å²) in [5.41, 5.74) is 0.0685. The van der Waals surface area contributed by atoms with Crippen molar-refractivity contribution in [3.05, 3.63) is 35.7 Å².